The van der Waals surface area contributed by atoms with Gasteiger partial charge >= 0.3 is 25.7 Å². The summed E-state index contributed by atoms with van der Waals surface area (Å²) in [5.74, 6) is -1.56. The Hall–Kier alpha value is -4.12. The van der Waals surface area contributed by atoms with Crippen LogP contribution in [-0.2, 0) is 42.2 Å². The molecule has 0 aliphatic rings. The van der Waals surface area contributed by atoms with Gasteiger partial charge in [0.05, 0.1) is 19.8 Å². The molecule has 0 aliphatic heterocycles. The molecule has 0 aromatic rings. The monoisotopic (exact) mass is 1080 g/mol. The van der Waals surface area contributed by atoms with Crippen LogP contribution in [0.1, 0.15) is 226 Å². The van der Waals surface area contributed by atoms with Crippen LogP contribution in [0.2, 0.25) is 0 Å². The third-order valence-corrected chi connectivity index (χ3v) is 12.8. The highest BCUT2D eigenvalue weighted by Crippen LogP contribution is 2.43. The molecule has 0 rings (SSSR count). The highest BCUT2D eigenvalue weighted by atomic mass is 31.2. The van der Waals surface area contributed by atoms with Crippen molar-refractivity contribution in [3.8, 4) is 0 Å². The molecule has 11 nitrogen and oxygen atoms in total. The lowest BCUT2D eigenvalue weighted by Crippen LogP contribution is -2.30. The zero-order valence-electron chi connectivity index (χ0n) is 47.7. The van der Waals surface area contributed by atoms with Gasteiger partial charge in [-0.3, -0.25) is 23.4 Å². The zero-order chi connectivity index (χ0) is 55.5. The summed E-state index contributed by atoms with van der Waals surface area (Å²) in [5.41, 5.74) is 0. The van der Waals surface area contributed by atoms with E-state index < -0.39 is 57.8 Å². The summed E-state index contributed by atoms with van der Waals surface area (Å²) in [6.45, 7) is 4.30. The van der Waals surface area contributed by atoms with Crippen molar-refractivity contribution in [1.82, 2.24) is 0 Å². The molecule has 0 aromatic heterocycles. The van der Waals surface area contributed by atoms with E-state index in [1.165, 1.54) is 25.7 Å². The molecule has 12 heteroatoms. The number of carbonyl (C=O) groups is 3. The normalized spacial score (nSPS) is 14.2. The van der Waals surface area contributed by atoms with E-state index in [1.807, 2.05) is 0 Å². The summed E-state index contributed by atoms with van der Waals surface area (Å²) in [6, 6.07) is 0. The number of phosphoric acid groups is 1. The largest absolute Gasteiger partial charge is 0.472 e. The van der Waals surface area contributed by atoms with Crippen LogP contribution in [0.5, 0.6) is 0 Å². The third-order valence-electron chi connectivity index (χ3n) is 11.8. The minimum absolute atomic E-state index is 0.105. The molecule has 76 heavy (non-hydrogen) atoms. The molecule has 432 valence electrons. The highest BCUT2D eigenvalue weighted by Gasteiger charge is 2.28. The Morgan fingerprint density at radius 2 is 0.684 bits per heavy atom. The van der Waals surface area contributed by atoms with Gasteiger partial charge in [-0.2, -0.15) is 0 Å². The van der Waals surface area contributed by atoms with Crippen molar-refractivity contribution in [1.29, 1.82) is 0 Å². The molecular formula is C64H105O11P. The number of hydrogen-bond donors (Lipinski definition) is 2. The van der Waals surface area contributed by atoms with E-state index in [0.717, 1.165) is 141 Å². The molecule has 0 spiro atoms. The van der Waals surface area contributed by atoms with Crippen LogP contribution in [0.15, 0.2) is 122 Å². The SMILES string of the molecule is CC/C=C\C/C=C\C/C=C\C/C=C\CCCCC(=O)OC(COC(=O)CCCCCCCC/C=C\C/C=C\C/C=C\CCCCC)COP(=O)(O)OCC(CO)OC(=O)CCCCCCC/C=C\C/C=C\C/C=C\CC. The molecule has 0 heterocycles. The Labute approximate surface area is 462 Å². The number of phosphoric ester groups is 1. The lowest BCUT2D eigenvalue weighted by molar-refractivity contribution is -0.161. The summed E-state index contributed by atoms with van der Waals surface area (Å²) in [5, 5.41) is 9.82. The van der Waals surface area contributed by atoms with Crippen LogP contribution in [0.25, 0.3) is 0 Å². The molecule has 0 aromatic carbocycles. The summed E-state index contributed by atoms with van der Waals surface area (Å²) in [7, 11) is -4.78. The predicted molar refractivity (Wildman–Crippen MR) is 316 cm³/mol. The lowest BCUT2D eigenvalue weighted by atomic mass is 10.1. The summed E-state index contributed by atoms with van der Waals surface area (Å²) in [6.07, 6.45) is 70.1. The van der Waals surface area contributed by atoms with Gasteiger partial charge in [0.25, 0.3) is 0 Å². The van der Waals surface area contributed by atoms with Crippen LogP contribution in [-0.4, -0.2) is 66.5 Å². The molecule has 3 unspecified atom stereocenters. The number of carbonyl (C=O) groups excluding carboxylic acids is 3. The number of hydrogen-bond acceptors (Lipinski definition) is 10. The fraction of sp³-hybridized carbons (Fsp3) is 0.641. The standard InChI is InChI=1S/C64H105O11P/c1-4-7-10-13-16-19-22-25-28-29-30-31-34-35-38-41-44-47-50-53-62(66)71-57-61(75-64(68)55-52-49-46-43-40-37-33-27-24-21-18-15-12-9-6-3)59-73-76(69,70)72-58-60(56-65)74-63(67)54-51-48-45-42-39-36-32-26-23-20-17-14-11-8-5-2/h8-9,11-12,16-21,25-28,30-33,40,43,60-61,65H,4-7,10,13-15,22-24,29,34-39,41-42,44-59H2,1-3H3,(H,69,70)/b11-8-,12-9-,19-16-,20-17-,21-18-,28-25-,31-30-,32-26-,33-27-,43-40-. The molecule has 0 aliphatic carbocycles. The molecule has 0 saturated carbocycles. The first-order valence-electron chi connectivity index (χ1n) is 29.4. The lowest BCUT2D eigenvalue weighted by Gasteiger charge is -2.21. The van der Waals surface area contributed by atoms with Gasteiger partial charge in [0, 0.05) is 19.3 Å². The van der Waals surface area contributed by atoms with Crippen molar-refractivity contribution in [2.45, 2.75) is 238 Å². The molecule has 2 N–H and O–H groups in total. The fourth-order valence-electron chi connectivity index (χ4n) is 7.43. The van der Waals surface area contributed by atoms with E-state index in [2.05, 4.69) is 142 Å². The topological polar surface area (TPSA) is 155 Å². The molecule has 0 amide bonds. The van der Waals surface area contributed by atoms with Gasteiger partial charge in [-0.1, -0.05) is 200 Å². The van der Waals surface area contributed by atoms with E-state index in [0.29, 0.717) is 19.3 Å². The Morgan fingerprint density at radius 1 is 0.382 bits per heavy atom. The van der Waals surface area contributed by atoms with Crippen molar-refractivity contribution in [3.05, 3.63) is 122 Å². The third kappa shape index (κ3) is 54.7. The van der Waals surface area contributed by atoms with Crippen LogP contribution < -0.4 is 0 Å². The maximum absolute atomic E-state index is 12.9. The number of esters is 3. The fourth-order valence-corrected chi connectivity index (χ4v) is 8.21. The van der Waals surface area contributed by atoms with Gasteiger partial charge in [-0.15, -0.1) is 0 Å². The Kier molecular flexibility index (Phi) is 54.0. The minimum atomic E-state index is -4.78. The summed E-state index contributed by atoms with van der Waals surface area (Å²) >= 11 is 0. The molecule has 3 atom stereocenters. The van der Waals surface area contributed by atoms with Gasteiger partial charge in [0.2, 0.25) is 0 Å². The first kappa shape index (κ1) is 71.9. The second-order valence-corrected chi connectivity index (χ2v) is 20.5. The quantitative estimate of drug-likeness (QED) is 0.0197. The van der Waals surface area contributed by atoms with E-state index >= 15 is 0 Å². The van der Waals surface area contributed by atoms with Crippen molar-refractivity contribution in [3.63, 3.8) is 0 Å². The first-order chi connectivity index (χ1) is 37.2. The van der Waals surface area contributed by atoms with Crippen molar-refractivity contribution in [2.24, 2.45) is 0 Å². The van der Waals surface area contributed by atoms with Crippen LogP contribution >= 0.6 is 7.82 Å². The van der Waals surface area contributed by atoms with E-state index in [1.54, 1.807) is 0 Å². The van der Waals surface area contributed by atoms with Gasteiger partial charge in [0.1, 0.15) is 12.7 Å². The average Bonchev–Trinajstić information content (AvgIpc) is 3.41. The van der Waals surface area contributed by atoms with Gasteiger partial charge in [-0.05, 0) is 128 Å². The van der Waals surface area contributed by atoms with E-state index in [-0.39, 0.29) is 25.9 Å². The molecule has 0 radical (unpaired) electrons. The number of ether oxygens (including phenoxy) is 3. The van der Waals surface area contributed by atoms with Crippen molar-refractivity contribution in [2.75, 3.05) is 26.4 Å². The number of unbranched alkanes of at least 4 members (excludes halogenated alkanes) is 16. The van der Waals surface area contributed by atoms with Gasteiger partial charge in [0.15, 0.2) is 6.10 Å². The van der Waals surface area contributed by atoms with Gasteiger partial charge in [-0.25, -0.2) is 4.57 Å². The number of aliphatic hydroxyl groups is 1. The van der Waals surface area contributed by atoms with Crippen LogP contribution in [0, 0.1) is 0 Å². The van der Waals surface area contributed by atoms with Crippen molar-refractivity contribution >= 4 is 25.7 Å². The van der Waals surface area contributed by atoms with Gasteiger partial charge < -0.3 is 24.2 Å². The Morgan fingerprint density at radius 3 is 1.08 bits per heavy atom. The molecule has 0 saturated heterocycles. The molecule has 0 fully saturated rings. The van der Waals surface area contributed by atoms with E-state index in [4.69, 9.17) is 23.3 Å². The second kappa shape index (κ2) is 57.1. The minimum Gasteiger partial charge on any atom is -0.462 e. The predicted octanol–water partition coefficient (Wildman–Crippen LogP) is 17.6. The summed E-state index contributed by atoms with van der Waals surface area (Å²) in [4.78, 5) is 48.6. The van der Waals surface area contributed by atoms with Crippen LogP contribution in [0.3, 0.4) is 0 Å². The first-order valence-corrected chi connectivity index (χ1v) is 30.9. The average molecular weight is 1080 g/mol. The van der Waals surface area contributed by atoms with Crippen molar-refractivity contribution < 1.29 is 52.2 Å². The second-order valence-electron chi connectivity index (χ2n) is 19.0. The maximum atomic E-state index is 12.9. The van der Waals surface area contributed by atoms with Crippen LogP contribution in [0.4, 0.5) is 0 Å². The zero-order valence-corrected chi connectivity index (χ0v) is 48.6. The number of allylic oxidation sites excluding steroid dienone is 20. The number of rotatable bonds is 53. The Bertz CT molecular complexity index is 1740. The highest BCUT2D eigenvalue weighted by molar-refractivity contribution is 7.47. The summed E-state index contributed by atoms with van der Waals surface area (Å²) < 4.78 is 39.5. The smallest absolute Gasteiger partial charge is 0.462 e. The maximum Gasteiger partial charge on any atom is 0.472 e. The molecule has 0 bridgehead atoms. The number of aliphatic hydroxyl groups excluding tert-OH is 1. The molecular weight excluding hydrogens is 976 g/mol. The van der Waals surface area contributed by atoms with E-state index in [9.17, 15) is 28.9 Å². The Balaban J connectivity index is 4.82.